The summed E-state index contributed by atoms with van der Waals surface area (Å²) in [6.45, 7) is 2.19. The van der Waals surface area contributed by atoms with Crippen LogP contribution in [0.2, 0.25) is 0 Å². The second-order valence-corrected chi connectivity index (χ2v) is 7.66. The number of aromatic amines is 1. The molecule has 4 aromatic rings. The van der Waals surface area contributed by atoms with Gasteiger partial charge in [-0.15, -0.1) is 0 Å². The second kappa shape index (κ2) is 7.77. The summed E-state index contributed by atoms with van der Waals surface area (Å²) in [4.78, 5) is 38.7. The van der Waals surface area contributed by atoms with Gasteiger partial charge in [0.15, 0.2) is 0 Å². The molecule has 0 spiro atoms. The number of benzene rings is 2. The number of aryl methyl sites for hydroxylation is 1. The smallest absolute Gasteiger partial charge is 0.336 e. The monoisotopic (exact) mass is 429 g/mol. The normalized spacial score (nSPS) is 15.4. The molecule has 2 N–H and O–H groups in total. The summed E-state index contributed by atoms with van der Waals surface area (Å²) in [6.07, 6.45) is 1.95. The average molecular weight is 429 g/mol. The van der Waals surface area contributed by atoms with E-state index in [0.717, 1.165) is 22.5 Å². The highest BCUT2D eigenvalue weighted by molar-refractivity contribution is 6.04. The van der Waals surface area contributed by atoms with Gasteiger partial charge in [0, 0.05) is 12.0 Å². The Morgan fingerprint density at radius 3 is 2.75 bits per heavy atom. The lowest BCUT2D eigenvalue weighted by molar-refractivity contribution is 0.0575. The molecule has 1 aliphatic rings. The van der Waals surface area contributed by atoms with Crippen molar-refractivity contribution in [2.45, 2.75) is 25.9 Å². The van der Waals surface area contributed by atoms with Crippen LogP contribution >= 0.6 is 0 Å². The minimum Gasteiger partial charge on any atom is -0.478 e. The van der Waals surface area contributed by atoms with Crippen molar-refractivity contribution < 1.29 is 19.2 Å². The summed E-state index contributed by atoms with van der Waals surface area (Å²) in [6, 6.07) is 13.3. The molecule has 0 radical (unpaired) electrons. The lowest BCUT2D eigenvalue weighted by Gasteiger charge is -2.33. The minimum atomic E-state index is -1.16. The highest BCUT2D eigenvalue weighted by Gasteiger charge is 2.37. The molecule has 32 heavy (non-hydrogen) atoms. The number of aromatic carboxylic acids is 1. The van der Waals surface area contributed by atoms with Crippen LogP contribution in [-0.2, 0) is 13.0 Å². The Morgan fingerprint density at radius 1 is 1.16 bits per heavy atom. The third-order valence-corrected chi connectivity index (χ3v) is 5.55. The van der Waals surface area contributed by atoms with Gasteiger partial charge >= 0.3 is 5.97 Å². The van der Waals surface area contributed by atoms with E-state index in [9.17, 15) is 14.7 Å². The van der Waals surface area contributed by atoms with Crippen LogP contribution in [0.4, 0.5) is 0 Å². The first-order valence-electron chi connectivity index (χ1n) is 10.1. The number of amides is 1. The molecule has 0 saturated carbocycles. The van der Waals surface area contributed by atoms with Crippen LogP contribution in [-0.4, -0.2) is 42.0 Å². The molecule has 0 aliphatic carbocycles. The first-order chi connectivity index (χ1) is 15.5. The maximum Gasteiger partial charge on any atom is 0.336 e. The van der Waals surface area contributed by atoms with E-state index in [1.807, 2.05) is 31.2 Å². The summed E-state index contributed by atoms with van der Waals surface area (Å²) in [7, 11) is 0. The lowest BCUT2D eigenvalue weighted by atomic mass is 9.99. The molecule has 3 heterocycles. The van der Waals surface area contributed by atoms with E-state index in [-0.39, 0.29) is 23.6 Å². The highest BCUT2D eigenvalue weighted by atomic mass is 16.5. The number of imidazole rings is 1. The second-order valence-electron chi connectivity index (χ2n) is 7.66. The summed E-state index contributed by atoms with van der Waals surface area (Å²) in [5.74, 6) is -0.890. The molecule has 1 atom stereocenters. The Kier molecular flexibility index (Phi) is 4.78. The van der Waals surface area contributed by atoms with Crippen LogP contribution in [0.15, 0.2) is 59.4 Å². The first kappa shape index (κ1) is 19.7. The van der Waals surface area contributed by atoms with Crippen molar-refractivity contribution in [1.29, 1.82) is 0 Å². The maximum absolute atomic E-state index is 13.5. The predicted octanol–water partition coefficient (Wildman–Crippen LogP) is 3.41. The largest absolute Gasteiger partial charge is 0.478 e. The summed E-state index contributed by atoms with van der Waals surface area (Å²) >= 11 is 0. The van der Waals surface area contributed by atoms with Gasteiger partial charge < -0.3 is 19.5 Å². The lowest BCUT2D eigenvalue weighted by Crippen LogP contribution is -2.39. The van der Waals surface area contributed by atoms with Gasteiger partial charge in [-0.2, -0.15) is 4.98 Å². The van der Waals surface area contributed by atoms with Gasteiger partial charge in [0.2, 0.25) is 11.7 Å². The fourth-order valence-corrected chi connectivity index (χ4v) is 3.95. The molecule has 0 fully saturated rings. The molecule has 0 bridgehead atoms. The Bertz CT molecular complexity index is 1330. The molecule has 9 heteroatoms. The Labute approximate surface area is 182 Å². The summed E-state index contributed by atoms with van der Waals surface area (Å²) in [5.41, 5.74) is 3.52. The van der Waals surface area contributed by atoms with Gasteiger partial charge in [-0.3, -0.25) is 4.79 Å². The Morgan fingerprint density at radius 2 is 1.97 bits per heavy atom. The van der Waals surface area contributed by atoms with E-state index in [1.54, 1.807) is 23.4 Å². The molecule has 160 valence electrons. The van der Waals surface area contributed by atoms with Crippen molar-refractivity contribution in [2.75, 3.05) is 0 Å². The van der Waals surface area contributed by atoms with Crippen LogP contribution in [0.1, 0.15) is 49.6 Å². The number of hydrogen-bond donors (Lipinski definition) is 2. The van der Waals surface area contributed by atoms with Crippen LogP contribution < -0.4 is 0 Å². The number of H-pyrrole nitrogens is 1. The molecular formula is C23H19N5O4. The fraction of sp³-hybridized carbons (Fsp3) is 0.174. The van der Waals surface area contributed by atoms with Crippen molar-refractivity contribution in [3.8, 4) is 11.4 Å². The molecule has 0 unspecified atom stereocenters. The standard InChI is InChI=1S/C23H19N5O4/c1-13-5-4-6-14(9-13)20-26-21(32-27-20)19-10-17-18(25-12-24-17)11-28(19)22(29)15-7-2-3-8-16(15)23(30)31/h2-9,12,19H,10-11H2,1H3,(H,24,25)(H,30,31)/t19-/m0/s1. The van der Waals surface area contributed by atoms with Gasteiger partial charge in [0.1, 0.15) is 6.04 Å². The SMILES string of the molecule is Cc1cccc(-c2noc([C@@H]3Cc4nc[nH]c4CN3C(=O)c3ccccc3C(=O)O)n2)c1. The number of nitrogens with one attached hydrogen (secondary N) is 1. The van der Waals surface area contributed by atoms with E-state index in [2.05, 4.69) is 20.1 Å². The number of nitrogens with zero attached hydrogens (tertiary/aromatic N) is 4. The van der Waals surface area contributed by atoms with Crippen molar-refractivity contribution in [3.63, 3.8) is 0 Å². The zero-order valence-corrected chi connectivity index (χ0v) is 17.1. The van der Waals surface area contributed by atoms with E-state index in [1.165, 1.54) is 12.1 Å². The molecule has 5 rings (SSSR count). The van der Waals surface area contributed by atoms with Gasteiger partial charge in [0.25, 0.3) is 5.91 Å². The highest BCUT2D eigenvalue weighted by Crippen LogP contribution is 2.33. The summed E-state index contributed by atoms with van der Waals surface area (Å²) < 4.78 is 5.57. The van der Waals surface area contributed by atoms with Gasteiger partial charge in [0.05, 0.1) is 35.4 Å². The van der Waals surface area contributed by atoms with E-state index in [0.29, 0.717) is 12.2 Å². The van der Waals surface area contributed by atoms with Crippen LogP contribution in [0, 0.1) is 6.92 Å². The van der Waals surface area contributed by atoms with E-state index < -0.39 is 17.9 Å². The van der Waals surface area contributed by atoms with Crippen molar-refractivity contribution in [3.05, 3.63) is 88.8 Å². The zero-order valence-electron chi connectivity index (χ0n) is 17.1. The topological polar surface area (TPSA) is 125 Å². The van der Waals surface area contributed by atoms with Gasteiger partial charge in [-0.05, 0) is 25.1 Å². The molecule has 0 saturated heterocycles. The number of fused-ring (bicyclic) bond motifs is 1. The molecule has 2 aromatic heterocycles. The quantitative estimate of drug-likeness (QED) is 0.509. The van der Waals surface area contributed by atoms with E-state index in [4.69, 9.17) is 4.52 Å². The van der Waals surface area contributed by atoms with Crippen LogP contribution in [0.5, 0.6) is 0 Å². The zero-order chi connectivity index (χ0) is 22.2. The van der Waals surface area contributed by atoms with E-state index >= 15 is 0 Å². The average Bonchev–Trinajstić information content (AvgIpc) is 3.47. The number of aromatic nitrogens is 4. The number of rotatable bonds is 4. The Balaban J connectivity index is 1.55. The number of carboxylic acid groups (broad SMARTS) is 1. The van der Waals surface area contributed by atoms with Crippen LogP contribution in [0.25, 0.3) is 11.4 Å². The minimum absolute atomic E-state index is 0.0577. The number of hydrogen-bond acceptors (Lipinski definition) is 6. The summed E-state index contributed by atoms with van der Waals surface area (Å²) in [5, 5.41) is 13.7. The predicted molar refractivity (Wildman–Crippen MR) is 113 cm³/mol. The number of carboxylic acids is 1. The fourth-order valence-electron chi connectivity index (χ4n) is 3.95. The van der Waals surface area contributed by atoms with Gasteiger partial charge in [-0.25, -0.2) is 9.78 Å². The Hall–Kier alpha value is -4.27. The maximum atomic E-state index is 13.5. The molecule has 1 aliphatic heterocycles. The van der Waals surface area contributed by atoms with Gasteiger partial charge in [-0.1, -0.05) is 41.1 Å². The molecule has 9 nitrogen and oxygen atoms in total. The van der Waals surface area contributed by atoms with Crippen molar-refractivity contribution >= 4 is 11.9 Å². The third-order valence-electron chi connectivity index (χ3n) is 5.55. The van der Waals surface area contributed by atoms with Crippen molar-refractivity contribution in [2.24, 2.45) is 0 Å². The number of carbonyl (C=O) groups is 2. The molecular weight excluding hydrogens is 410 g/mol. The van der Waals surface area contributed by atoms with Crippen molar-refractivity contribution in [1.82, 2.24) is 25.0 Å². The molecule has 2 aromatic carbocycles. The van der Waals surface area contributed by atoms with Crippen LogP contribution in [0.3, 0.4) is 0 Å². The third kappa shape index (κ3) is 3.43. The first-order valence-corrected chi connectivity index (χ1v) is 10.1. The molecule has 1 amide bonds. The number of carbonyl (C=O) groups excluding carboxylic acids is 1.